The van der Waals surface area contributed by atoms with Crippen molar-refractivity contribution in [3.05, 3.63) is 41.0 Å². The minimum atomic E-state index is -0.471. The van der Waals surface area contributed by atoms with E-state index in [1.54, 1.807) is 23.2 Å². The summed E-state index contributed by atoms with van der Waals surface area (Å²) in [6, 6.07) is 7.16. The van der Waals surface area contributed by atoms with Gasteiger partial charge in [-0.15, -0.1) is 0 Å². The maximum absolute atomic E-state index is 12.7. The number of hydrogen-bond donors (Lipinski definition) is 1. The third-order valence-electron chi connectivity index (χ3n) is 4.11. The quantitative estimate of drug-likeness (QED) is 0.881. The first kappa shape index (κ1) is 14.3. The van der Waals surface area contributed by atoms with E-state index >= 15 is 0 Å². The van der Waals surface area contributed by atoms with Crippen LogP contribution >= 0.6 is 11.6 Å². The fourth-order valence-electron chi connectivity index (χ4n) is 2.72. The Morgan fingerprint density at radius 2 is 2.29 bits per heavy atom. The summed E-state index contributed by atoms with van der Waals surface area (Å²) in [6.07, 6.45) is 2.00. The van der Waals surface area contributed by atoms with Crippen LogP contribution in [0.15, 0.2) is 30.5 Å². The Kier molecular flexibility index (Phi) is 3.83. The summed E-state index contributed by atoms with van der Waals surface area (Å²) in [4.78, 5) is 18.7. The highest BCUT2D eigenvalue weighted by molar-refractivity contribution is 6.32. The molecule has 2 atom stereocenters. The van der Waals surface area contributed by atoms with Gasteiger partial charge in [-0.25, -0.2) is 0 Å². The maximum atomic E-state index is 12.7. The molecule has 3 rings (SSSR count). The number of rotatable bonds is 1. The van der Waals surface area contributed by atoms with Gasteiger partial charge in [-0.05, 0) is 30.5 Å². The second kappa shape index (κ2) is 5.62. The molecule has 110 valence electrons. The zero-order valence-electron chi connectivity index (χ0n) is 11.8. The number of aliphatic hydroxyl groups excluding tert-OH is 1. The van der Waals surface area contributed by atoms with E-state index in [4.69, 9.17) is 11.6 Å². The maximum Gasteiger partial charge on any atom is 0.256 e. The molecule has 1 aromatic heterocycles. The lowest BCUT2D eigenvalue weighted by Gasteiger charge is -2.34. The molecule has 2 heterocycles. The average molecular weight is 305 g/mol. The van der Waals surface area contributed by atoms with Crippen LogP contribution in [0.4, 0.5) is 0 Å². The summed E-state index contributed by atoms with van der Waals surface area (Å²) >= 11 is 6.11. The monoisotopic (exact) mass is 304 g/mol. The molecule has 0 radical (unpaired) electrons. The summed E-state index contributed by atoms with van der Waals surface area (Å²) in [5.74, 6) is 0.107. The first-order chi connectivity index (χ1) is 10.1. The molecule has 5 heteroatoms. The molecule has 1 amide bonds. The Labute approximate surface area is 128 Å². The van der Waals surface area contributed by atoms with Crippen LogP contribution in [0.1, 0.15) is 23.7 Å². The molecule has 1 N–H and O–H groups in total. The number of amides is 1. The number of fused-ring (bicyclic) bond motifs is 1. The molecule has 0 spiro atoms. The minimum Gasteiger partial charge on any atom is -0.391 e. The number of aliphatic hydroxyl groups is 1. The van der Waals surface area contributed by atoms with Crippen LogP contribution < -0.4 is 0 Å². The van der Waals surface area contributed by atoms with Crippen molar-refractivity contribution >= 4 is 28.4 Å². The smallest absolute Gasteiger partial charge is 0.256 e. The Bertz CT molecular complexity index is 689. The number of pyridine rings is 1. The van der Waals surface area contributed by atoms with Crippen molar-refractivity contribution in [2.75, 3.05) is 13.1 Å². The molecule has 1 aromatic carbocycles. The third kappa shape index (κ3) is 2.74. The van der Waals surface area contributed by atoms with Gasteiger partial charge in [0.25, 0.3) is 5.91 Å². The number of halogens is 1. The lowest BCUT2D eigenvalue weighted by molar-refractivity contribution is 0.0249. The number of likely N-dealkylation sites (tertiary alicyclic amines) is 1. The predicted molar refractivity (Wildman–Crippen MR) is 82.4 cm³/mol. The van der Waals surface area contributed by atoms with Crippen molar-refractivity contribution in [2.24, 2.45) is 5.92 Å². The van der Waals surface area contributed by atoms with E-state index in [0.29, 0.717) is 29.2 Å². The second-order valence-electron chi connectivity index (χ2n) is 5.61. The number of benzene rings is 1. The Morgan fingerprint density at radius 3 is 3.05 bits per heavy atom. The topological polar surface area (TPSA) is 53.4 Å². The molecule has 1 aliphatic rings. The molecular formula is C16H17ClN2O2. The van der Waals surface area contributed by atoms with Crippen LogP contribution in [0.3, 0.4) is 0 Å². The van der Waals surface area contributed by atoms with Crippen molar-refractivity contribution in [3.8, 4) is 0 Å². The fraction of sp³-hybridized carbons (Fsp3) is 0.375. The number of aromatic nitrogens is 1. The van der Waals surface area contributed by atoms with Gasteiger partial charge < -0.3 is 10.0 Å². The number of piperidine rings is 1. The van der Waals surface area contributed by atoms with Crippen LogP contribution in [-0.4, -0.2) is 40.1 Å². The predicted octanol–water partition coefficient (Wildman–Crippen LogP) is 2.73. The van der Waals surface area contributed by atoms with Gasteiger partial charge in [-0.1, -0.05) is 24.6 Å². The lowest BCUT2D eigenvalue weighted by Crippen LogP contribution is -2.45. The molecular weight excluding hydrogens is 288 g/mol. The van der Waals surface area contributed by atoms with E-state index in [0.717, 1.165) is 11.8 Å². The van der Waals surface area contributed by atoms with Crippen molar-refractivity contribution in [1.82, 2.24) is 9.88 Å². The summed E-state index contributed by atoms with van der Waals surface area (Å²) in [7, 11) is 0. The number of carbonyl (C=O) groups excluding carboxylic acids is 1. The zero-order chi connectivity index (χ0) is 15.0. The number of β-amino-alcohol motifs (C(OH)–C–C–N with tert-alkyl or cyclic N) is 1. The first-order valence-corrected chi connectivity index (χ1v) is 7.45. The van der Waals surface area contributed by atoms with Crippen molar-refractivity contribution in [2.45, 2.75) is 19.4 Å². The summed E-state index contributed by atoms with van der Waals surface area (Å²) in [5.41, 5.74) is 1.15. The lowest BCUT2D eigenvalue weighted by atomic mass is 9.95. The van der Waals surface area contributed by atoms with Crippen LogP contribution in [0.25, 0.3) is 10.9 Å². The number of carbonyl (C=O) groups is 1. The van der Waals surface area contributed by atoms with Gasteiger partial charge in [0.1, 0.15) is 0 Å². The zero-order valence-corrected chi connectivity index (χ0v) is 12.5. The second-order valence-corrected chi connectivity index (χ2v) is 6.05. The molecule has 21 heavy (non-hydrogen) atoms. The van der Waals surface area contributed by atoms with Crippen molar-refractivity contribution < 1.29 is 9.90 Å². The van der Waals surface area contributed by atoms with Crippen LogP contribution in [-0.2, 0) is 0 Å². The average Bonchev–Trinajstić information content (AvgIpc) is 2.48. The largest absolute Gasteiger partial charge is 0.391 e. The van der Waals surface area contributed by atoms with Gasteiger partial charge in [0.2, 0.25) is 0 Å². The van der Waals surface area contributed by atoms with Crippen molar-refractivity contribution in [1.29, 1.82) is 0 Å². The molecule has 1 aliphatic heterocycles. The molecule has 2 aromatic rings. The van der Waals surface area contributed by atoms with Crippen LogP contribution in [0, 0.1) is 5.92 Å². The van der Waals surface area contributed by atoms with Crippen molar-refractivity contribution in [3.63, 3.8) is 0 Å². The highest BCUT2D eigenvalue weighted by Gasteiger charge is 2.28. The Hall–Kier alpha value is -1.65. The number of hydrogen-bond acceptors (Lipinski definition) is 3. The van der Waals surface area contributed by atoms with E-state index in [2.05, 4.69) is 4.98 Å². The van der Waals surface area contributed by atoms with E-state index < -0.39 is 6.10 Å². The van der Waals surface area contributed by atoms with E-state index in [1.807, 2.05) is 19.1 Å². The van der Waals surface area contributed by atoms with Gasteiger partial charge >= 0.3 is 0 Å². The third-order valence-corrected chi connectivity index (χ3v) is 4.32. The molecule has 2 unspecified atom stereocenters. The molecule has 4 nitrogen and oxygen atoms in total. The van der Waals surface area contributed by atoms with Gasteiger partial charge in [0.05, 0.1) is 17.2 Å². The first-order valence-electron chi connectivity index (χ1n) is 7.08. The normalized spacial score (nSPS) is 22.5. The Balaban J connectivity index is 1.98. The molecule has 1 saturated heterocycles. The summed E-state index contributed by atoms with van der Waals surface area (Å²) in [5, 5.41) is 11.3. The van der Waals surface area contributed by atoms with Gasteiger partial charge in [-0.2, -0.15) is 0 Å². The summed E-state index contributed by atoms with van der Waals surface area (Å²) < 4.78 is 0. The van der Waals surface area contributed by atoms with Gasteiger partial charge in [-0.3, -0.25) is 9.78 Å². The minimum absolute atomic E-state index is 0.118. The van der Waals surface area contributed by atoms with Crippen LogP contribution in [0.2, 0.25) is 5.02 Å². The van der Waals surface area contributed by atoms with Gasteiger partial charge in [0, 0.05) is 29.7 Å². The number of nitrogens with zero attached hydrogens (tertiary/aromatic N) is 2. The van der Waals surface area contributed by atoms with E-state index in [9.17, 15) is 9.90 Å². The fourth-order valence-corrected chi connectivity index (χ4v) is 2.95. The molecule has 0 aliphatic carbocycles. The summed E-state index contributed by atoms with van der Waals surface area (Å²) in [6.45, 7) is 3.02. The van der Waals surface area contributed by atoms with Crippen LogP contribution in [0.5, 0.6) is 0 Å². The SMILES string of the molecule is CC1CCN(C(=O)c2cc(Cl)cc3cccnc23)CC1O. The molecule has 0 bridgehead atoms. The van der Waals surface area contributed by atoms with E-state index in [-0.39, 0.29) is 11.8 Å². The molecule has 1 fully saturated rings. The van der Waals surface area contributed by atoms with Gasteiger partial charge in [0.15, 0.2) is 0 Å². The highest BCUT2D eigenvalue weighted by atomic mass is 35.5. The highest BCUT2D eigenvalue weighted by Crippen LogP contribution is 2.25. The van der Waals surface area contributed by atoms with E-state index in [1.165, 1.54) is 0 Å². The Morgan fingerprint density at radius 1 is 1.48 bits per heavy atom. The molecule has 0 saturated carbocycles. The standard InChI is InChI=1S/C16H17ClN2O2/c1-10-4-6-19(9-14(10)20)16(21)13-8-12(17)7-11-3-2-5-18-15(11)13/h2-3,5,7-8,10,14,20H,4,6,9H2,1H3.